The largest absolute Gasteiger partial charge is 0.493 e. The van der Waals surface area contributed by atoms with E-state index in [1.807, 2.05) is 13.0 Å². The zero-order valence-electron chi connectivity index (χ0n) is 10.3. The second-order valence-electron chi connectivity index (χ2n) is 4.69. The maximum Gasteiger partial charge on any atom is 0.133 e. The fraction of sp³-hybridized carbons (Fsp3) is 0.571. The van der Waals surface area contributed by atoms with E-state index in [0.717, 1.165) is 10.2 Å². The molecule has 1 atom stereocenters. The Labute approximate surface area is 112 Å². The van der Waals surface area contributed by atoms with Crippen LogP contribution in [0.1, 0.15) is 44.2 Å². The van der Waals surface area contributed by atoms with Crippen LogP contribution in [0.2, 0.25) is 0 Å². The molecule has 0 amide bonds. The topological polar surface area (TPSA) is 35.2 Å². The maximum absolute atomic E-state index is 6.33. The molecule has 0 saturated heterocycles. The fourth-order valence-corrected chi connectivity index (χ4v) is 3.10. The summed E-state index contributed by atoms with van der Waals surface area (Å²) in [6.07, 6.45) is 5.20. The van der Waals surface area contributed by atoms with Crippen LogP contribution in [0, 0.1) is 5.92 Å². The Morgan fingerprint density at radius 1 is 1.41 bits per heavy atom. The van der Waals surface area contributed by atoms with Gasteiger partial charge in [-0.05, 0) is 59.3 Å². The van der Waals surface area contributed by atoms with Gasteiger partial charge in [-0.3, -0.25) is 0 Å². The van der Waals surface area contributed by atoms with E-state index >= 15 is 0 Å². The standard InChI is InChI=1S/C14H20BrNO/c1-2-17-13-8-7-11(9-12(13)15)14(16)10-5-3-4-6-10/h7-10,14H,2-6,16H2,1H3. The molecule has 1 aromatic rings. The first kappa shape index (κ1) is 12.9. The third-order valence-corrected chi connectivity index (χ3v) is 4.17. The maximum atomic E-state index is 6.33. The monoisotopic (exact) mass is 297 g/mol. The molecule has 2 nitrogen and oxygen atoms in total. The van der Waals surface area contributed by atoms with Gasteiger partial charge >= 0.3 is 0 Å². The Bertz CT molecular complexity index is 374. The molecular formula is C14H20BrNO. The van der Waals surface area contributed by atoms with E-state index in [-0.39, 0.29) is 6.04 Å². The minimum Gasteiger partial charge on any atom is -0.493 e. The van der Waals surface area contributed by atoms with Crippen molar-refractivity contribution < 1.29 is 4.74 Å². The van der Waals surface area contributed by atoms with Crippen LogP contribution in [0.3, 0.4) is 0 Å². The average Bonchev–Trinajstić information content (AvgIpc) is 2.84. The fourth-order valence-electron chi connectivity index (χ4n) is 2.59. The van der Waals surface area contributed by atoms with Crippen molar-refractivity contribution in [1.29, 1.82) is 0 Å². The molecule has 94 valence electrons. The lowest BCUT2D eigenvalue weighted by atomic mass is 9.92. The van der Waals surface area contributed by atoms with E-state index in [2.05, 4.69) is 28.1 Å². The van der Waals surface area contributed by atoms with Gasteiger partial charge in [0, 0.05) is 6.04 Å². The first-order valence-electron chi connectivity index (χ1n) is 6.40. The second kappa shape index (κ2) is 5.87. The van der Waals surface area contributed by atoms with Gasteiger partial charge in [0.25, 0.3) is 0 Å². The van der Waals surface area contributed by atoms with Crippen LogP contribution in [0.4, 0.5) is 0 Å². The van der Waals surface area contributed by atoms with Crippen molar-refractivity contribution in [2.24, 2.45) is 11.7 Å². The molecule has 1 fully saturated rings. The van der Waals surface area contributed by atoms with Crippen molar-refractivity contribution in [1.82, 2.24) is 0 Å². The molecule has 0 radical (unpaired) electrons. The summed E-state index contributed by atoms with van der Waals surface area (Å²) in [6.45, 7) is 2.68. The van der Waals surface area contributed by atoms with Gasteiger partial charge in [0.15, 0.2) is 0 Å². The van der Waals surface area contributed by atoms with Gasteiger partial charge in [-0.15, -0.1) is 0 Å². The van der Waals surface area contributed by atoms with Crippen LogP contribution >= 0.6 is 15.9 Å². The third-order valence-electron chi connectivity index (χ3n) is 3.55. The number of benzene rings is 1. The number of hydrogen-bond donors (Lipinski definition) is 1. The molecule has 0 bridgehead atoms. The van der Waals surface area contributed by atoms with Gasteiger partial charge in [-0.25, -0.2) is 0 Å². The van der Waals surface area contributed by atoms with Gasteiger partial charge in [0.1, 0.15) is 5.75 Å². The zero-order valence-corrected chi connectivity index (χ0v) is 11.9. The molecule has 0 spiro atoms. The van der Waals surface area contributed by atoms with E-state index in [0.29, 0.717) is 12.5 Å². The molecule has 0 aliphatic heterocycles. The van der Waals surface area contributed by atoms with Gasteiger partial charge in [-0.1, -0.05) is 18.9 Å². The molecule has 1 aromatic carbocycles. The Hall–Kier alpha value is -0.540. The Morgan fingerprint density at radius 3 is 2.71 bits per heavy atom. The van der Waals surface area contributed by atoms with Crippen molar-refractivity contribution in [2.75, 3.05) is 6.61 Å². The van der Waals surface area contributed by atoms with Crippen LogP contribution in [0.25, 0.3) is 0 Å². The van der Waals surface area contributed by atoms with Gasteiger partial charge in [0.05, 0.1) is 11.1 Å². The minimum absolute atomic E-state index is 0.171. The second-order valence-corrected chi connectivity index (χ2v) is 5.55. The van der Waals surface area contributed by atoms with Crippen molar-refractivity contribution in [2.45, 2.75) is 38.6 Å². The summed E-state index contributed by atoms with van der Waals surface area (Å²) in [5, 5.41) is 0. The van der Waals surface area contributed by atoms with Crippen LogP contribution in [-0.2, 0) is 0 Å². The van der Waals surface area contributed by atoms with Crippen LogP contribution in [0.15, 0.2) is 22.7 Å². The number of hydrogen-bond acceptors (Lipinski definition) is 2. The van der Waals surface area contributed by atoms with E-state index < -0.39 is 0 Å². The van der Waals surface area contributed by atoms with Crippen LogP contribution < -0.4 is 10.5 Å². The smallest absolute Gasteiger partial charge is 0.133 e. The number of halogens is 1. The summed E-state index contributed by atoms with van der Waals surface area (Å²) < 4.78 is 6.51. The van der Waals surface area contributed by atoms with Crippen molar-refractivity contribution >= 4 is 15.9 Å². The highest BCUT2D eigenvalue weighted by Gasteiger charge is 2.23. The first-order chi connectivity index (χ1) is 8.22. The molecule has 1 aliphatic rings. The van der Waals surface area contributed by atoms with Crippen LogP contribution in [0.5, 0.6) is 5.75 Å². The highest BCUT2D eigenvalue weighted by Crippen LogP contribution is 2.36. The lowest BCUT2D eigenvalue weighted by Crippen LogP contribution is -2.19. The third kappa shape index (κ3) is 3.02. The highest BCUT2D eigenvalue weighted by atomic mass is 79.9. The van der Waals surface area contributed by atoms with E-state index in [9.17, 15) is 0 Å². The summed E-state index contributed by atoms with van der Waals surface area (Å²) in [4.78, 5) is 0. The molecule has 1 unspecified atom stereocenters. The number of rotatable bonds is 4. The van der Waals surface area contributed by atoms with Crippen molar-refractivity contribution in [3.63, 3.8) is 0 Å². The molecule has 3 heteroatoms. The normalized spacial score (nSPS) is 18.3. The zero-order chi connectivity index (χ0) is 12.3. The lowest BCUT2D eigenvalue weighted by Gasteiger charge is -2.20. The van der Waals surface area contributed by atoms with Gasteiger partial charge in [0.2, 0.25) is 0 Å². The molecule has 1 saturated carbocycles. The molecule has 17 heavy (non-hydrogen) atoms. The van der Waals surface area contributed by atoms with E-state index in [1.165, 1.54) is 31.2 Å². The Kier molecular flexibility index (Phi) is 4.46. The van der Waals surface area contributed by atoms with Crippen LogP contribution in [-0.4, -0.2) is 6.61 Å². The summed E-state index contributed by atoms with van der Waals surface area (Å²) in [5.74, 6) is 1.55. The summed E-state index contributed by atoms with van der Waals surface area (Å²) in [7, 11) is 0. The Balaban J connectivity index is 2.12. The Morgan fingerprint density at radius 2 is 2.12 bits per heavy atom. The molecule has 2 N–H and O–H groups in total. The number of nitrogens with two attached hydrogens (primary N) is 1. The predicted octanol–water partition coefficient (Wildman–Crippen LogP) is 4.04. The molecule has 1 aliphatic carbocycles. The average molecular weight is 298 g/mol. The summed E-state index contributed by atoms with van der Waals surface area (Å²) in [6, 6.07) is 6.38. The van der Waals surface area contributed by atoms with Crippen molar-refractivity contribution in [3.8, 4) is 5.75 Å². The molecule has 0 heterocycles. The first-order valence-corrected chi connectivity index (χ1v) is 7.19. The van der Waals surface area contributed by atoms with Gasteiger partial charge in [-0.2, -0.15) is 0 Å². The molecule has 2 rings (SSSR count). The lowest BCUT2D eigenvalue weighted by molar-refractivity contribution is 0.337. The SMILES string of the molecule is CCOc1ccc(C(N)C2CCCC2)cc1Br. The van der Waals surface area contributed by atoms with E-state index in [1.54, 1.807) is 0 Å². The number of ether oxygens (including phenoxy) is 1. The summed E-state index contributed by atoms with van der Waals surface area (Å²) >= 11 is 3.54. The van der Waals surface area contributed by atoms with E-state index in [4.69, 9.17) is 10.5 Å². The predicted molar refractivity (Wildman–Crippen MR) is 74.2 cm³/mol. The molecule has 0 aromatic heterocycles. The summed E-state index contributed by atoms with van der Waals surface area (Å²) in [5.41, 5.74) is 7.55. The quantitative estimate of drug-likeness (QED) is 0.910. The van der Waals surface area contributed by atoms with Gasteiger partial charge < -0.3 is 10.5 Å². The minimum atomic E-state index is 0.171. The highest BCUT2D eigenvalue weighted by molar-refractivity contribution is 9.10. The molecular weight excluding hydrogens is 278 g/mol. The van der Waals surface area contributed by atoms with Crippen molar-refractivity contribution in [3.05, 3.63) is 28.2 Å².